The largest absolute Gasteiger partial charge is 0.370 e. The van der Waals surface area contributed by atoms with Crippen molar-refractivity contribution in [2.24, 2.45) is 22.2 Å². The molecule has 0 saturated carbocycles. The van der Waals surface area contributed by atoms with Gasteiger partial charge < -0.3 is 69.7 Å². The Morgan fingerprint density at radius 2 is 1.47 bits per heavy atom. The number of guanidine groups is 1. The van der Waals surface area contributed by atoms with E-state index in [0.29, 0.717) is 29.7 Å². The molecule has 9 amide bonds. The van der Waals surface area contributed by atoms with Gasteiger partial charge in [-0.25, -0.2) is 4.98 Å². The third-order valence-corrected chi connectivity index (χ3v) is 11.8. The van der Waals surface area contributed by atoms with Crippen LogP contribution in [0.1, 0.15) is 75.6 Å². The Bertz CT molecular complexity index is 2550. The predicted octanol–water partition coefficient (Wildman–Crippen LogP) is -2.03. The second kappa shape index (κ2) is 27.2. The van der Waals surface area contributed by atoms with Gasteiger partial charge in [0.05, 0.1) is 6.33 Å². The molecule has 1 saturated heterocycles. The van der Waals surface area contributed by atoms with E-state index in [1.165, 1.54) is 19.4 Å². The molecule has 2 unspecified atom stereocenters. The highest BCUT2D eigenvalue weighted by Crippen LogP contribution is 2.19. The summed E-state index contributed by atoms with van der Waals surface area (Å²) in [5.41, 5.74) is 19.4. The highest BCUT2D eigenvalue weighted by molar-refractivity contribution is 5.98. The molecule has 0 bridgehead atoms. The van der Waals surface area contributed by atoms with Gasteiger partial charge in [-0.05, 0) is 42.9 Å². The molecule has 1 fully saturated rings. The van der Waals surface area contributed by atoms with Gasteiger partial charge in [-0.1, -0.05) is 68.3 Å². The van der Waals surface area contributed by atoms with Crippen LogP contribution in [0, 0.1) is 0 Å². The number of carbonyl (C=O) groups is 9. The Labute approximate surface area is 415 Å². The summed E-state index contributed by atoms with van der Waals surface area (Å²) in [4.78, 5) is 138. The first kappa shape index (κ1) is 54.6. The Kier molecular flexibility index (Phi) is 20.6. The molecule has 16 N–H and O–H groups in total. The van der Waals surface area contributed by atoms with Crippen LogP contribution in [0.4, 0.5) is 0 Å². The summed E-state index contributed by atoms with van der Waals surface area (Å²) in [6.07, 6.45) is 4.93. The number of nitrogens with zero attached hydrogens (tertiary/aromatic N) is 2. The van der Waals surface area contributed by atoms with Crippen molar-refractivity contribution >= 4 is 70.0 Å². The van der Waals surface area contributed by atoms with Crippen LogP contribution in [0.3, 0.4) is 0 Å². The van der Waals surface area contributed by atoms with Gasteiger partial charge in [0.25, 0.3) is 0 Å². The fourth-order valence-electron chi connectivity index (χ4n) is 8.01. The number of hydrogen-bond acceptors (Lipinski definition) is 11. The Balaban J connectivity index is 1.53. The predicted molar refractivity (Wildman–Crippen MR) is 265 cm³/mol. The minimum absolute atomic E-state index is 0.0450. The third-order valence-electron chi connectivity index (χ3n) is 11.8. The quantitative estimate of drug-likeness (QED) is 0.0275. The normalized spacial score (nSPS) is 20.1. The number of nitrogens with one attached hydrogen (secondary N) is 10. The molecule has 3 heterocycles. The summed E-state index contributed by atoms with van der Waals surface area (Å²) in [6, 6.07) is 6.39. The van der Waals surface area contributed by atoms with Crippen LogP contribution in [0.25, 0.3) is 10.9 Å². The van der Waals surface area contributed by atoms with E-state index in [1.807, 2.05) is 25.1 Å². The number of rotatable bonds is 19. The molecule has 72 heavy (non-hydrogen) atoms. The average Bonchev–Trinajstić information content (AvgIpc) is 4.02. The Morgan fingerprint density at radius 1 is 0.792 bits per heavy atom. The zero-order valence-electron chi connectivity index (χ0n) is 40.3. The van der Waals surface area contributed by atoms with E-state index in [1.54, 1.807) is 42.6 Å². The number of aromatic amines is 2. The van der Waals surface area contributed by atoms with Crippen LogP contribution in [-0.2, 0) is 62.4 Å². The van der Waals surface area contributed by atoms with E-state index in [4.69, 9.17) is 17.2 Å². The molecule has 0 aliphatic carbocycles. The number of H-pyrrole nitrogens is 2. The van der Waals surface area contributed by atoms with Crippen molar-refractivity contribution in [2.45, 2.75) is 120 Å². The number of carbonyl (C=O) groups excluding carboxylic acids is 9. The molecule has 0 radical (unpaired) electrons. The summed E-state index contributed by atoms with van der Waals surface area (Å²) in [6.45, 7) is 2.62. The minimum Gasteiger partial charge on any atom is -0.370 e. The molecule has 2 aromatic carbocycles. The number of imidazole rings is 1. The first-order chi connectivity index (χ1) is 34.5. The number of amides is 9. The summed E-state index contributed by atoms with van der Waals surface area (Å²) in [5.74, 6) is -7.41. The number of aromatic nitrogens is 3. The van der Waals surface area contributed by atoms with E-state index < -0.39 is 108 Å². The van der Waals surface area contributed by atoms with Crippen molar-refractivity contribution in [2.75, 3.05) is 13.1 Å². The number of hydrogen-bond donors (Lipinski definition) is 13. The maximum absolute atomic E-state index is 14.5. The smallest absolute Gasteiger partial charge is 0.245 e. The molecule has 386 valence electrons. The van der Waals surface area contributed by atoms with Crippen molar-refractivity contribution in [3.05, 3.63) is 90.1 Å². The highest BCUT2D eigenvalue weighted by Gasteiger charge is 2.35. The Hall–Kier alpha value is -8.31. The lowest BCUT2D eigenvalue weighted by molar-refractivity contribution is -0.136. The molecule has 1 aliphatic heterocycles. The molecular weight excluding hydrogens is 931 g/mol. The van der Waals surface area contributed by atoms with E-state index >= 15 is 0 Å². The fourth-order valence-corrected chi connectivity index (χ4v) is 8.01. The molecular formula is C48H65N15O9. The topological polar surface area (TPSA) is 385 Å². The highest BCUT2D eigenvalue weighted by atomic mass is 16.2. The summed E-state index contributed by atoms with van der Waals surface area (Å²) in [7, 11) is 0. The fraction of sp³-hybridized carbons (Fsp3) is 0.438. The van der Waals surface area contributed by atoms with Crippen LogP contribution in [0.5, 0.6) is 0 Å². The number of unbranched alkanes of at least 4 members (excludes halogenated alkanes) is 1. The van der Waals surface area contributed by atoms with Gasteiger partial charge in [0.15, 0.2) is 5.96 Å². The number of fused-ring (bicyclic) bond motifs is 1. The number of nitrogens with two attached hydrogens (primary N) is 3. The maximum atomic E-state index is 14.5. The molecule has 24 heteroatoms. The second-order valence-corrected chi connectivity index (χ2v) is 17.5. The van der Waals surface area contributed by atoms with Gasteiger partial charge in [0, 0.05) is 74.7 Å². The van der Waals surface area contributed by atoms with Gasteiger partial charge in [-0.15, -0.1) is 0 Å². The first-order valence-corrected chi connectivity index (χ1v) is 23.8. The second-order valence-electron chi connectivity index (χ2n) is 17.5. The standard InChI is InChI=1S/C48H65N15O9/c1-3-4-14-33(57-27(2)64)42(67)59-35-17-18-40(65)55-25-39(47(72)60-36(41(49)66)21-29-23-54-32-15-9-8-13-31(29)32)63-43(68)34(16-10-19-53-48(50)51)58-45(70)37(20-28-11-6-5-7-12-28)61-46(71)38(62-44(35)69)22-30-24-52-26-56-30/h5-9,11-13,15,23-24,26,33-39,54H,3-4,10,14,16-22,25H2,1-2H3,(H2,49,66)(H,52,56)(H,55,65)(H,57,64)(H,58,70)(H,59,67)(H,60,72)(H,61,71)(H,62,69)(H,63,68)(H4,50,51,53)/t33-,34-,35?,36-,37?,38-,39-/m0/s1. The van der Waals surface area contributed by atoms with Gasteiger partial charge in [-0.3, -0.25) is 48.1 Å². The SMILES string of the molecule is CCCC[C@H](NC(C)=O)C(=O)NC1CCC(=O)NC[C@@H](C(=O)N[C@@H](Cc2c[nH]c3ccccc23)C(N)=O)NC(=O)[C@H](CCCN=C(N)N)NC(=O)C(Cc2ccccc2)NC(=O)[C@H](Cc2cnc[nH]2)NC1=O. The minimum atomic E-state index is -1.60. The maximum Gasteiger partial charge on any atom is 0.245 e. The van der Waals surface area contributed by atoms with Crippen LogP contribution in [0.15, 0.2) is 78.3 Å². The molecule has 7 atom stereocenters. The van der Waals surface area contributed by atoms with Crippen molar-refractivity contribution in [3.63, 3.8) is 0 Å². The van der Waals surface area contributed by atoms with Gasteiger partial charge in [0.1, 0.15) is 42.3 Å². The lowest BCUT2D eigenvalue weighted by Crippen LogP contribution is -2.62. The van der Waals surface area contributed by atoms with Crippen molar-refractivity contribution in [3.8, 4) is 0 Å². The van der Waals surface area contributed by atoms with Crippen LogP contribution in [-0.4, -0.2) is 129 Å². The number of para-hydroxylation sites is 1. The van der Waals surface area contributed by atoms with E-state index in [2.05, 4.69) is 62.5 Å². The third kappa shape index (κ3) is 17.0. The first-order valence-electron chi connectivity index (χ1n) is 23.8. The molecule has 0 spiro atoms. The van der Waals surface area contributed by atoms with Crippen molar-refractivity contribution in [1.29, 1.82) is 0 Å². The Morgan fingerprint density at radius 3 is 2.15 bits per heavy atom. The summed E-state index contributed by atoms with van der Waals surface area (Å²) < 4.78 is 0. The van der Waals surface area contributed by atoms with E-state index in [0.717, 1.165) is 10.9 Å². The van der Waals surface area contributed by atoms with Crippen molar-refractivity contribution in [1.82, 2.24) is 57.5 Å². The van der Waals surface area contributed by atoms with Crippen LogP contribution < -0.4 is 59.7 Å². The molecule has 24 nitrogen and oxygen atoms in total. The number of primary amides is 1. The molecule has 1 aliphatic rings. The average molecular weight is 996 g/mol. The summed E-state index contributed by atoms with van der Waals surface area (Å²) >= 11 is 0. The monoisotopic (exact) mass is 996 g/mol. The summed E-state index contributed by atoms with van der Waals surface area (Å²) in [5, 5.41) is 22.0. The zero-order chi connectivity index (χ0) is 52.2. The number of aliphatic imine (C=N–C) groups is 1. The van der Waals surface area contributed by atoms with Crippen LogP contribution in [0.2, 0.25) is 0 Å². The van der Waals surface area contributed by atoms with Crippen molar-refractivity contribution < 1.29 is 43.2 Å². The van der Waals surface area contributed by atoms with Gasteiger partial charge >= 0.3 is 0 Å². The van der Waals surface area contributed by atoms with E-state index in [-0.39, 0.29) is 57.5 Å². The zero-order valence-corrected chi connectivity index (χ0v) is 40.3. The molecule has 5 rings (SSSR count). The van der Waals surface area contributed by atoms with Gasteiger partial charge in [-0.2, -0.15) is 0 Å². The lowest BCUT2D eigenvalue weighted by atomic mass is 10.0. The van der Waals surface area contributed by atoms with Crippen LogP contribution >= 0.6 is 0 Å². The van der Waals surface area contributed by atoms with Gasteiger partial charge in [0.2, 0.25) is 53.2 Å². The van der Waals surface area contributed by atoms with E-state index in [9.17, 15) is 43.2 Å². The number of benzene rings is 2. The molecule has 4 aromatic rings. The molecule has 2 aromatic heterocycles. The lowest BCUT2D eigenvalue weighted by Gasteiger charge is -2.28.